The van der Waals surface area contributed by atoms with Gasteiger partial charge in [0.1, 0.15) is 5.75 Å². The van der Waals surface area contributed by atoms with Gasteiger partial charge in [-0.05, 0) is 12.5 Å². The van der Waals surface area contributed by atoms with Crippen molar-refractivity contribution in [2.75, 3.05) is 6.61 Å². The smallest absolute Gasteiger partial charge is 0.305 e. The third-order valence-corrected chi connectivity index (χ3v) is 1.88. The van der Waals surface area contributed by atoms with E-state index >= 15 is 0 Å². The van der Waals surface area contributed by atoms with Gasteiger partial charge in [0.2, 0.25) is 5.82 Å². The monoisotopic (exact) mass is 213 g/mol. The maximum Gasteiger partial charge on any atom is 0.305 e. The first-order chi connectivity index (χ1) is 7.15. The number of hydrogen-bond donors (Lipinski definition) is 0. The van der Waals surface area contributed by atoms with E-state index in [0.29, 0.717) is 12.4 Å². The Morgan fingerprint density at radius 2 is 2.27 bits per heavy atom. The number of hydrogen-bond acceptors (Lipinski definition) is 3. The fourth-order valence-electron chi connectivity index (χ4n) is 1.06. The number of ether oxygens (including phenoxy) is 1. The molecule has 0 fully saturated rings. The second kappa shape index (κ2) is 5.29. The summed E-state index contributed by atoms with van der Waals surface area (Å²) in [7, 11) is 0. The predicted octanol–water partition coefficient (Wildman–Crippen LogP) is 2.91. The van der Waals surface area contributed by atoms with Gasteiger partial charge in [0, 0.05) is 12.1 Å². The second-order valence-corrected chi connectivity index (χ2v) is 3.07. The van der Waals surface area contributed by atoms with Crippen LogP contribution in [0.25, 0.3) is 0 Å². The van der Waals surface area contributed by atoms with Crippen LogP contribution in [0.2, 0.25) is 0 Å². The summed E-state index contributed by atoms with van der Waals surface area (Å²) in [5.41, 5.74) is -0.530. The van der Waals surface area contributed by atoms with Gasteiger partial charge in [-0.3, -0.25) is 10.1 Å². The molecule has 15 heavy (non-hydrogen) atoms. The van der Waals surface area contributed by atoms with E-state index in [9.17, 15) is 14.5 Å². The van der Waals surface area contributed by atoms with Crippen LogP contribution in [0, 0.1) is 15.9 Å². The number of nitro benzene ring substituents is 1. The lowest BCUT2D eigenvalue weighted by atomic mass is 10.3. The maximum atomic E-state index is 13.1. The molecule has 0 spiro atoms. The Bertz CT molecular complexity index is 355. The Kier molecular flexibility index (Phi) is 4.03. The van der Waals surface area contributed by atoms with E-state index in [1.165, 1.54) is 6.07 Å². The van der Waals surface area contributed by atoms with E-state index in [4.69, 9.17) is 4.74 Å². The number of halogens is 1. The van der Waals surface area contributed by atoms with Crippen LogP contribution in [0.15, 0.2) is 18.2 Å². The number of unbranched alkanes of at least 4 members (excludes halogenated alkanes) is 1. The van der Waals surface area contributed by atoms with Crippen molar-refractivity contribution in [2.45, 2.75) is 19.8 Å². The standard InChI is InChI=1S/C10H12FNO3/c1-2-3-6-15-8-4-5-10(12(13)14)9(11)7-8/h4-5,7H,2-3,6H2,1H3. The average Bonchev–Trinajstić information content (AvgIpc) is 2.17. The largest absolute Gasteiger partial charge is 0.493 e. The van der Waals surface area contributed by atoms with Gasteiger partial charge in [-0.15, -0.1) is 0 Å². The van der Waals surface area contributed by atoms with Crippen molar-refractivity contribution in [3.8, 4) is 5.75 Å². The summed E-state index contributed by atoms with van der Waals surface area (Å²) in [5.74, 6) is -0.541. The van der Waals surface area contributed by atoms with Crippen molar-refractivity contribution >= 4 is 5.69 Å². The highest BCUT2D eigenvalue weighted by atomic mass is 19.1. The fraction of sp³-hybridized carbons (Fsp3) is 0.400. The van der Waals surface area contributed by atoms with Crippen LogP contribution in [0.1, 0.15) is 19.8 Å². The number of nitrogens with zero attached hydrogens (tertiary/aromatic N) is 1. The molecule has 0 saturated carbocycles. The Morgan fingerprint density at radius 3 is 2.80 bits per heavy atom. The van der Waals surface area contributed by atoms with E-state index in [1.807, 2.05) is 6.92 Å². The zero-order valence-corrected chi connectivity index (χ0v) is 8.40. The Balaban J connectivity index is 2.69. The average molecular weight is 213 g/mol. The summed E-state index contributed by atoms with van der Waals surface area (Å²) in [5, 5.41) is 10.3. The number of benzene rings is 1. The van der Waals surface area contributed by atoms with E-state index in [-0.39, 0.29) is 0 Å². The summed E-state index contributed by atoms with van der Waals surface area (Å²) < 4.78 is 18.3. The van der Waals surface area contributed by atoms with Crippen LogP contribution in [0.3, 0.4) is 0 Å². The van der Waals surface area contributed by atoms with Crippen molar-refractivity contribution in [1.29, 1.82) is 0 Å². The van der Waals surface area contributed by atoms with Gasteiger partial charge in [-0.1, -0.05) is 13.3 Å². The van der Waals surface area contributed by atoms with Gasteiger partial charge in [0.15, 0.2) is 0 Å². The van der Waals surface area contributed by atoms with Crippen molar-refractivity contribution in [3.05, 3.63) is 34.1 Å². The number of nitro groups is 1. The first-order valence-electron chi connectivity index (χ1n) is 4.72. The van der Waals surface area contributed by atoms with E-state index in [0.717, 1.165) is 25.0 Å². The third kappa shape index (κ3) is 3.19. The van der Waals surface area contributed by atoms with E-state index in [1.54, 1.807) is 0 Å². The van der Waals surface area contributed by atoms with Gasteiger partial charge in [-0.2, -0.15) is 4.39 Å². The molecular weight excluding hydrogens is 201 g/mol. The van der Waals surface area contributed by atoms with Crippen LogP contribution >= 0.6 is 0 Å². The Morgan fingerprint density at radius 1 is 1.53 bits per heavy atom. The van der Waals surface area contributed by atoms with Crippen molar-refractivity contribution in [1.82, 2.24) is 0 Å². The van der Waals surface area contributed by atoms with Crippen LogP contribution in [-0.2, 0) is 0 Å². The lowest BCUT2D eigenvalue weighted by Gasteiger charge is -2.04. The quantitative estimate of drug-likeness (QED) is 0.429. The molecule has 0 aliphatic heterocycles. The van der Waals surface area contributed by atoms with Gasteiger partial charge in [-0.25, -0.2) is 0 Å². The fourth-order valence-corrected chi connectivity index (χ4v) is 1.06. The van der Waals surface area contributed by atoms with E-state index in [2.05, 4.69) is 0 Å². The molecule has 0 N–H and O–H groups in total. The molecule has 0 radical (unpaired) electrons. The topological polar surface area (TPSA) is 52.4 Å². The Labute approximate surface area is 86.8 Å². The molecule has 1 aromatic rings. The molecule has 0 unspecified atom stereocenters. The van der Waals surface area contributed by atoms with Gasteiger partial charge in [0.05, 0.1) is 11.5 Å². The molecular formula is C10H12FNO3. The van der Waals surface area contributed by atoms with Crippen LogP contribution < -0.4 is 4.74 Å². The minimum atomic E-state index is -0.867. The lowest BCUT2D eigenvalue weighted by Crippen LogP contribution is -1.98. The highest BCUT2D eigenvalue weighted by molar-refractivity contribution is 5.37. The molecule has 0 saturated heterocycles. The highest BCUT2D eigenvalue weighted by Crippen LogP contribution is 2.22. The molecule has 0 aliphatic carbocycles. The summed E-state index contributed by atoms with van der Waals surface area (Å²) in [6.45, 7) is 2.51. The van der Waals surface area contributed by atoms with Gasteiger partial charge in [0.25, 0.3) is 0 Å². The molecule has 1 rings (SSSR count). The summed E-state index contributed by atoms with van der Waals surface area (Å²) in [6.07, 6.45) is 1.86. The SMILES string of the molecule is CCCCOc1ccc([N+](=O)[O-])c(F)c1. The first-order valence-corrected chi connectivity index (χ1v) is 4.72. The molecule has 4 nitrogen and oxygen atoms in total. The molecule has 0 aromatic heterocycles. The minimum absolute atomic E-state index is 0.326. The minimum Gasteiger partial charge on any atom is -0.493 e. The van der Waals surface area contributed by atoms with Gasteiger partial charge >= 0.3 is 5.69 Å². The molecule has 0 bridgehead atoms. The lowest BCUT2D eigenvalue weighted by molar-refractivity contribution is -0.387. The molecule has 1 aromatic carbocycles. The summed E-state index contributed by atoms with van der Waals surface area (Å²) in [6, 6.07) is 3.54. The van der Waals surface area contributed by atoms with Crippen LogP contribution in [-0.4, -0.2) is 11.5 Å². The molecule has 0 amide bonds. The molecule has 82 valence electrons. The first kappa shape index (κ1) is 11.4. The van der Waals surface area contributed by atoms with Crippen LogP contribution in [0.4, 0.5) is 10.1 Å². The number of rotatable bonds is 5. The molecule has 0 atom stereocenters. The van der Waals surface area contributed by atoms with Gasteiger partial charge < -0.3 is 4.74 Å². The second-order valence-electron chi connectivity index (χ2n) is 3.07. The molecule has 0 aliphatic rings. The van der Waals surface area contributed by atoms with Crippen molar-refractivity contribution in [3.63, 3.8) is 0 Å². The third-order valence-electron chi connectivity index (χ3n) is 1.88. The maximum absolute atomic E-state index is 13.1. The van der Waals surface area contributed by atoms with Crippen molar-refractivity contribution in [2.24, 2.45) is 0 Å². The predicted molar refractivity (Wildman–Crippen MR) is 53.5 cm³/mol. The Hall–Kier alpha value is -1.65. The normalized spacial score (nSPS) is 10.0. The molecule has 5 heteroatoms. The summed E-state index contributed by atoms with van der Waals surface area (Å²) in [4.78, 5) is 9.56. The zero-order valence-electron chi connectivity index (χ0n) is 8.40. The zero-order chi connectivity index (χ0) is 11.3. The van der Waals surface area contributed by atoms with E-state index < -0.39 is 16.4 Å². The highest BCUT2D eigenvalue weighted by Gasteiger charge is 2.13. The summed E-state index contributed by atoms with van der Waals surface area (Å²) >= 11 is 0. The molecule has 0 heterocycles. The van der Waals surface area contributed by atoms with Crippen LogP contribution in [0.5, 0.6) is 5.75 Å². The van der Waals surface area contributed by atoms with Crippen molar-refractivity contribution < 1.29 is 14.1 Å².